The Balaban J connectivity index is 1.94. The molecule has 0 amide bonds. The molecule has 3 aromatic rings. The fourth-order valence-electron chi connectivity index (χ4n) is 2.01. The van der Waals surface area contributed by atoms with Crippen molar-refractivity contribution in [2.24, 2.45) is 0 Å². The van der Waals surface area contributed by atoms with Gasteiger partial charge in [-0.15, -0.1) is 10.2 Å². The van der Waals surface area contributed by atoms with E-state index in [4.69, 9.17) is 9.15 Å². The summed E-state index contributed by atoms with van der Waals surface area (Å²) in [5.41, 5.74) is -2.28. The standard InChI is InChI=1S/C14H9F3N2O3S/c1-7-18-19-12(23-7)6-21-8-2-3-9-10(14(15,16)17)5-13(20)22-11(9)4-8/h2-5H,6H2,1H3. The summed E-state index contributed by atoms with van der Waals surface area (Å²) in [5, 5.41) is 8.92. The topological polar surface area (TPSA) is 65.2 Å². The lowest BCUT2D eigenvalue weighted by molar-refractivity contribution is -0.136. The predicted octanol–water partition coefficient (Wildman–Crippen LogP) is 3.55. The van der Waals surface area contributed by atoms with Crippen molar-refractivity contribution in [1.82, 2.24) is 10.2 Å². The fourth-order valence-corrected chi connectivity index (χ4v) is 2.63. The lowest BCUT2D eigenvalue weighted by Crippen LogP contribution is -2.11. The molecule has 0 unspecified atom stereocenters. The third-order valence-electron chi connectivity index (χ3n) is 2.95. The van der Waals surface area contributed by atoms with Gasteiger partial charge < -0.3 is 9.15 Å². The molecule has 0 aliphatic rings. The maximum Gasteiger partial charge on any atom is 0.417 e. The smallest absolute Gasteiger partial charge is 0.417 e. The van der Waals surface area contributed by atoms with E-state index in [1.807, 2.05) is 0 Å². The highest BCUT2D eigenvalue weighted by atomic mass is 32.1. The van der Waals surface area contributed by atoms with Crippen molar-refractivity contribution in [2.75, 3.05) is 0 Å². The third kappa shape index (κ3) is 3.34. The highest BCUT2D eigenvalue weighted by Crippen LogP contribution is 2.34. The van der Waals surface area contributed by atoms with Crippen LogP contribution in [0.25, 0.3) is 11.0 Å². The van der Waals surface area contributed by atoms with Gasteiger partial charge in [-0.05, 0) is 19.1 Å². The molecular weight excluding hydrogens is 333 g/mol. The molecule has 1 aromatic carbocycles. The van der Waals surface area contributed by atoms with Crippen LogP contribution in [0, 0.1) is 6.92 Å². The third-order valence-corrected chi connectivity index (χ3v) is 3.76. The van der Waals surface area contributed by atoms with Gasteiger partial charge >= 0.3 is 11.8 Å². The average Bonchev–Trinajstić information content (AvgIpc) is 2.88. The first-order valence-corrected chi connectivity index (χ1v) is 7.21. The molecule has 2 aromatic heterocycles. The number of halogens is 3. The second kappa shape index (κ2) is 5.65. The molecule has 9 heteroatoms. The number of ether oxygens (including phenoxy) is 1. The van der Waals surface area contributed by atoms with Crippen LogP contribution in [0.3, 0.4) is 0 Å². The van der Waals surface area contributed by atoms with Crippen LogP contribution in [0.4, 0.5) is 13.2 Å². The molecule has 23 heavy (non-hydrogen) atoms. The van der Waals surface area contributed by atoms with Gasteiger partial charge in [0.05, 0.1) is 5.56 Å². The molecular formula is C14H9F3N2O3S. The Kier molecular flexibility index (Phi) is 3.80. The summed E-state index contributed by atoms with van der Waals surface area (Å²) in [5.74, 6) is 0.271. The number of hydrogen-bond donors (Lipinski definition) is 0. The van der Waals surface area contributed by atoms with Gasteiger partial charge in [0.1, 0.15) is 22.9 Å². The van der Waals surface area contributed by atoms with Gasteiger partial charge in [0.15, 0.2) is 5.01 Å². The summed E-state index contributed by atoms with van der Waals surface area (Å²) >= 11 is 1.35. The van der Waals surface area contributed by atoms with Crippen LogP contribution in [0.15, 0.2) is 33.5 Å². The predicted molar refractivity (Wildman–Crippen MR) is 76.5 cm³/mol. The van der Waals surface area contributed by atoms with E-state index in [1.165, 1.54) is 29.5 Å². The highest BCUT2D eigenvalue weighted by molar-refractivity contribution is 7.11. The van der Waals surface area contributed by atoms with E-state index in [1.54, 1.807) is 6.92 Å². The van der Waals surface area contributed by atoms with E-state index in [9.17, 15) is 18.0 Å². The SMILES string of the molecule is Cc1nnc(COc2ccc3c(C(F)(F)F)cc(=O)oc3c2)s1. The molecule has 0 aliphatic carbocycles. The summed E-state index contributed by atoms with van der Waals surface area (Å²) in [6.07, 6.45) is -4.64. The van der Waals surface area contributed by atoms with Crippen molar-refractivity contribution in [1.29, 1.82) is 0 Å². The Morgan fingerprint density at radius 2 is 2.04 bits per heavy atom. The molecule has 2 heterocycles. The van der Waals surface area contributed by atoms with Crippen LogP contribution in [0.5, 0.6) is 5.75 Å². The van der Waals surface area contributed by atoms with Crippen molar-refractivity contribution in [3.8, 4) is 5.75 Å². The number of aromatic nitrogens is 2. The highest BCUT2D eigenvalue weighted by Gasteiger charge is 2.33. The Labute approximate surface area is 131 Å². The minimum absolute atomic E-state index is 0.125. The zero-order valence-corrected chi connectivity index (χ0v) is 12.5. The van der Waals surface area contributed by atoms with E-state index in [0.717, 1.165) is 5.01 Å². The minimum Gasteiger partial charge on any atom is -0.486 e. The van der Waals surface area contributed by atoms with E-state index in [2.05, 4.69) is 10.2 Å². The fraction of sp³-hybridized carbons (Fsp3) is 0.214. The second-order valence-electron chi connectivity index (χ2n) is 4.64. The first-order valence-electron chi connectivity index (χ1n) is 6.40. The molecule has 120 valence electrons. The number of fused-ring (bicyclic) bond motifs is 1. The summed E-state index contributed by atoms with van der Waals surface area (Å²) in [7, 11) is 0. The van der Waals surface area contributed by atoms with Gasteiger partial charge in [0.25, 0.3) is 0 Å². The average molecular weight is 342 g/mol. The van der Waals surface area contributed by atoms with Gasteiger partial charge in [-0.25, -0.2) is 4.79 Å². The van der Waals surface area contributed by atoms with Crippen LogP contribution < -0.4 is 10.4 Å². The number of hydrogen-bond acceptors (Lipinski definition) is 6. The van der Waals surface area contributed by atoms with E-state index >= 15 is 0 Å². The monoisotopic (exact) mass is 342 g/mol. The van der Waals surface area contributed by atoms with Crippen LogP contribution >= 0.6 is 11.3 Å². The molecule has 0 N–H and O–H groups in total. The summed E-state index contributed by atoms with van der Waals surface area (Å²) in [6, 6.07) is 4.28. The summed E-state index contributed by atoms with van der Waals surface area (Å²) < 4.78 is 49.1. The second-order valence-corrected chi connectivity index (χ2v) is 5.90. The quantitative estimate of drug-likeness (QED) is 0.681. The lowest BCUT2D eigenvalue weighted by Gasteiger charge is -2.10. The molecule has 3 rings (SSSR count). The summed E-state index contributed by atoms with van der Waals surface area (Å²) in [6.45, 7) is 1.92. The molecule has 0 aliphatic heterocycles. The number of nitrogens with zero attached hydrogens (tertiary/aromatic N) is 2. The van der Waals surface area contributed by atoms with Gasteiger partial charge in [0, 0.05) is 17.5 Å². The van der Waals surface area contributed by atoms with Gasteiger partial charge in [-0.2, -0.15) is 13.2 Å². The van der Waals surface area contributed by atoms with Gasteiger partial charge in [-0.3, -0.25) is 0 Å². The van der Waals surface area contributed by atoms with Crippen LogP contribution in [-0.4, -0.2) is 10.2 Å². The minimum atomic E-state index is -4.64. The molecule has 0 radical (unpaired) electrons. The van der Waals surface area contributed by atoms with E-state index in [-0.39, 0.29) is 23.3 Å². The molecule has 5 nitrogen and oxygen atoms in total. The lowest BCUT2D eigenvalue weighted by atomic mass is 10.1. The Bertz CT molecular complexity index is 918. The van der Waals surface area contributed by atoms with Crippen molar-refractivity contribution >= 4 is 22.3 Å². The van der Waals surface area contributed by atoms with E-state index < -0.39 is 17.4 Å². The zero-order chi connectivity index (χ0) is 16.6. The molecule has 0 spiro atoms. The van der Waals surface area contributed by atoms with Crippen LogP contribution in [-0.2, 0) is 12.8 Å². The summed E-state index contributed by atoms with van der Waals surface area (Å²) in [4.78, 5) is 11.3. The first-order chi connectivity index (χ1) is 10.8. The molecule has 0 atom stereocenters. The van der Waals surface area contributed by atoms with Crippen molar-refractivity contribution in [3.63, 3.8) is 0 Å². The molecule has 0 fully saturated rings. The van der Waals surface area contributed by atoms with Crippen LogP contribution in [0.1, 0.15) is 15.6 Å². The van der Waals surface area contributed by atoms with E-state index in [0.29, 0.717) is 11.1 Å². The van der Waals surface area contributed by atoms with Crippen molar-refractivity contribution in [2.45, 2.75) is 19.7 Å². The number of benzene rings is 1. The largest absolute Gasteiger partial charge is 0.486 e. The maximum absolute atomic E-state index is 12.9. The Morgan fingerprint density at radius 1 is 1.26 bits per heavy atom. The maximum atomic E-state index is 12.9. The van der Waals surface area contributed by atoms with Crippen molar-refractivity contribution < 1.29 is 22.3 Å². The normalized spacial score (nSPS) is 11.8. The first kappa shape index (κ1) is 15.5. The molecule has 0 saturated heterocycles. The molecule has 0 bridgehead atoms. The molecule has 0 saturated carbocycles. The van der Waals surface area contributed by atoms with Gasteiger partial charge in [-0.1, -0.05) is 11.3 Å². The number of rotatable bonds is 3. The number of aryl methyl sites for hydroxylation is 1. The Hall–Kier alpha value is -2.42. The number of alkyl halides is 3. The van der Waals surface area contributed by atoms with Crippen LogP contribution in [0.2, 0.25) is 0 Å². The Morgan fingerprint density at radius 3 is 2.70 bits per heavy atom. The zero-order valence-electron chi connectivity index (χ0n) is 11.7. The van der Waals surface area contributed by atoms with Gasteiger partial charge in [0.2, 0.25) is 0 Å². The van der Waals surface area contributed by atoms with Crippen molar-refractivity contribution in [3.05, 3.63) is 50.3 Å².